The number of ether oxygens (including phenoxy) is 1. The van der Waals surface area contributed by atoms with Crippen molar-refractivity contribution in [2.24, 2.45) is 11.7 Å². The van der Waals surface area contributed by atoms with Crippen molar-refractivity contribution in [3.63, 3.8) is 0 Å². The molecule has 0 radical (unpaired) electrons. The quantitative estimate of drug-likeness (QED) is 0.840. The van der Waals surface area contributed by atoms with Gasteiger partial charge in [0.2, 0.25) is 5.91 Å². The molecule has 0 heterocycles. The number of carbonyl (C=O) groups is 1. The van der Waals surface area contributed by atoms with Crippen LogP contribution in [0, 0.1) is 5.92 Å². The van der Waals surface area contributed by atoms with Crippen LogP contribution in [0.2, 0.25) is 0 Å². The van der Waals surface area contributed by atoms with E-state index in [4.69, 9.17) is 10.5 Å². The molecular weight excluding hydrogens is 226 g/mol. The monoisotopic (exact) mass is 247 g/mol. The zero-order valence-corrected chi connectivity index (χ0v) is 10.7. The minimum Gasteiger partial charge on any atom is -0.494 e. The lowest BCUT2D eigenvalue weighted by Crippen LogP contribution is -2.13. The molecule has 18 heavy (non-hydrogen) atoms. The van der Waals surface area contributed by atoms with E-state index >= 15 is 0 Å². The fourth-order valence-corrected chi connectivity index (χ4v) is 2.59. The lowest BCUT2D eigenvalue weighted by atomic mass is 10.1. The van der Waals surface area contributed by atoms with Gasteiger partial charge in [-0.2, -0.15) is 0 Å². The third-order valence-electron chi connectivity index (χ3n) is 3.55. The summed E-state index contributed by atoms with van der Waals surface area (Å²) in [6.45, 7) is 0.769. The average Bonchev–Trinajstić information content (AvgIpc) is 2.82. The van der Waals surface area contributed by atoms with Crippen molar-refractivity contribution in [3.05, 3.63) is 29.8 Å². The number of hydrogen-bond acceptors (Lipinski definition) is 2. The van der Waals surface area contributed by atoms with Gasteiger partial charge in [-0.05, 0) is 30.0 Å². The molecule has 1 aliphatic rings. The maximum atomic E-state index is 10.8. The Morgan fingerprint density at radius 3 is 2.83 bits per heavy atom. The van der Waals surface area contributed by atoms with Crippen LogP contribution in [0.3, 0.4) is 0 Å². The molecule has 1 saturated carbocycles. The normalized spacial score (nSPS) is 15.8. The van der Waals surface area contributed by atoms with Crippen LogP contribution in [0.25, 0.3) is 0 Å². The van der Waals surface area contributed by atoms with E-state index in [0.29, 0.717) is 0 Å². The second-order valence-electron chi connectivity index (χ2n) is 5.08. The number of nitrogens with two attached hydrogens (primary N) is 1. The van der Waals surface area contributed by atoms with Crippen LogP contribution < -0.4 is 10.5 Å². The van der Waals surface area contributed by atoms with Gasteiger partial charge in [0.25, 0.3) is 0 Å². The van der Waals surface area contributed by atoms with Gasteiger partial charge in [0.15, 0.2) is 0 Å². The predicted molar refractivity (Wildman–Crippen MR) is 71.4 cm³/mol. The Morgan fingerprint density at radius 1 is 1.33 bits per heavy atom. The second-order valence-corrected chi connectivity index (χ2v) is 5.08. The Labute approximate surface area is 108 Å². The summed E-state index contributed by atoms with van der Waals surface area (Å²) in [6, 6.07) is 7.64. The predicted octanol–water partition coefficient (Wildman–Crippen LogP) is 2.67. The highest BCUT2D eigenvalue weighted by molar-refractivity contribution is 5.76. The van der Waals surface area contributed by atoms with E-state index in [1.807, 2.05) is 24.3 Å². The van der Waals surface area contributed by atoms with Gasteiger partial charge in [-0.25, -0.2) is 0 Å². The van der Waals surface area contributed by atoms with Crippen molar-refractivity contribution in [2.45, 2.75) is 38.5 Å². The van der Waals surface area contributed by atoms with Gasteiger partial charge >= 0.3 is 0 Å². The first-order valence-electron chi connectivity index (χ1n) is 6.74. The summed E-state index contributed by atoms with van der Waals surface area (Å²) in [5.41, 5.74) is 6.10. The third kappa shape index (κ3) is 4.06. The smallest absolute Gasteiger partial charge is 0.221 e. The lowest BCUT2D eigenvalue weighted by Gasteiger charge is -2.11. The molecule has 0 bridgehead atoms. The highest BCUT2D eigenvalue weighted by Crippen LogP contribution is 2.27. The van der Waals surface area contributed by atoms with Crippen LogP contribution in [-0.2, 0) is 11.2 Å². The first-order chi connectivity index (χ1) is 8.74. The van der Waals surface area contributed by atoms with E-state index in [2.05, 4.69) is 0 Å². The number of amides is 1. The summed E-state index contributed by atoms with van der Waals surface area (Å²) < 4.78 is 5.74. The second kappa shape index (κ2) is 6.43. The van der Waals surface area contributed by atoms with E-state index < -0.39 is 0 Å². The van der Waals surface area contributed by atoms with Crippen LogP contribution in [0.15, 0.2) is 24.3 Å². The van der Waals surface area contributed by atoms with E-state index in [1.165, 1.54) is 25.7 Å². The number of hydrogen-bond donors (Lipinski definition) is 1. The Bertz CT molecular complexity index is 397. The molecule has 3 nitrogen and oxygen atoms in total. The molecule has 1 aliphatic carbocycles. The Hall–Kier alpha value is -1.51. The van der Waals surface area contributed by atoms with Gasteiger partial charge < -0.3 is 10.5 Å². The summed E-state index contributed by atoms with van der Waals surface area (Å²) in [7, 11) is 0. The van der Waals surface area contributed by atoms with Crippen molar-refractivity contribution in [2.75, 3.05) is 6.61 Å². The lowest BCUT2D eigenvalue weighted by molar-refractivity contribution is -0.117. The fourth-order valence-electron chi connectivity index (χ4n) is 2.59. The van der Waals surface area contributed by atoms with Crippen molar-refractivity contribution >= 4 is 5.91 Å². The van der Waals surface area contributed by atoms with Crippen LogP contribution in [0.5, 0.6) is 5.75 Å². The molecule has 2 N–H and O–H groups in total. The molecular formula is C15H21NO2. The standard InChI is InChI=1S/C15H21NO2/c16-15(17)11-13-6-3-7-14(10-13)18-9-8-12-4-1-2-5-12/h3,6-7,10,12H,1-2,4-5,8-9,11H2,(H2,16,17). The Morgan fingerprint density at radius 2 is 2.11 bits per heavy atom. The number of rotatable bonds is 6. The molecule has 1 aromatic carbocycles. The number of carbonyl (C=O) groups excluding carboxylic acids is 1. The molecule has 98 valence electrons. The zero-order chi connectivity index (χ0) is 12.8. The fraction of sp³-hybridized carbons (Fsp3) is 0.533. The van der Waals surface area contributed by atoms with E-state index in [-0.39, 0.29) is 12.3 Å². The van der Waals surface area contributed by atoms with Crippen molar-refractivity contribution in [3.8, 4) is 5.75 Å². The molecule has 0 spiro atoms. The zero-order valence-electron chi connectivity index (χ0n) is 10.7. The van der Waals surface area contributed by atoms with Gasteiger partial charge in [0.1, 0.15) is 5.75 Å². The Balaban J connectivity index is 1.79. The van der Waals surface area contributed by atoms with Gasteiger partial charge in [-0.1, -0.05) is 37.8 Å². The molecule has 0 aromatic heterocycles. The van der Waals surface area contributed by atoms with E-state index in [0.717, 1.165) is 30.3 Å². The van der Waals surface area contributed by atoms with Crippen LogP contribution in [0.1, 0.15) is 37.7 Å². The molecule has 2 rings (SSSR count). The van der Waals surface area contributed by atoms with Gasteiger partial charge in [-0.15, -0.1) is 0 Å². The van der Waals surface area contributed by atoms with Gasteiger partial charge in [0.05, 0.1) is 13.0 Å². The molecule has 1 amide bonds. The molecule has 0 saturated heterocycles. The first-order valence-corrected chi connectivity index (χ1v) is 6.74. The van der Waals surface area contributed by atoms with Gasteiger partial charge in [-0.3, -0.25) is 4.79 Å². The van der Waals surface area contributed by atoms with Crippen molar-refractivity contribution in [1.29, 1.82) is 0 Å². The molecule has 3 heteroatoms. The maximum Gasteiger partial charge on any atom is 0.221 e. The van der Waals surface area contributed by atoms with Crippen molar-refractivity contribution < 1.29 is 9.53 Å². The summed E-state index contributed by atoms with van der Waals surface area (Å²) in [5, 5.41) is 0. The van der Waals surface area contributed by atoms with Crippen LogP contribution in [-0.4, -0.2) is 12.5 Å². The number of primary amides is 1. The number of benzene rings is 1. The molecule has 1 aromatic rings. The average molecular weight is 247 g/mol. The molecule has 0 atom stereocenters. The summed E-state index contributed by atoms with van der Waals surface area (Å²) in [4.78, 5) is 10.8. The van der Waals surface area contributed by atoms with Crippen LogP contribution >= 0.6 is 0 Å². The highest BCUT2D eigenvalue weighted by atomic mass is 16.5. The minimum atomic E-state index is -0.307. The molecule has 0 unspecified atom stereocenters. The largest absolute Gasteiger partial charge is 0.494 e. The van der Waals surface area contributed by atoms with Gasteiger partial charge in [0, 0.05) is 0 Å². The van der Waals surface area contributed by atoms with Crippen molar-refractivity contribution in [1.82, 2.24) is 0 Å². The molecule has 1 fully saturated rings. The maximum absolute atomic E-state index is 10.8. The topological polar surface area (TPSA) is 52.3 Å². The summed E-state index contributed by atoms with van der Waals surface area (Å²) >= 11 is 0. The third-order valence-corrected chi connectivity index (χ3v) is 3.55. The summed E-state index contributed by atoms with van der Waals surface area (Å²) in [5.74, 6) is 1.38. The molecule has 0 aliphatic heterocycles. The van der Waals surface area contributed by atoms with Crippen LogP contribution in [0.4, 0.5) is 0 Å². The van der Waals surface area contributed by atoms with E-state index in [9.17, 15) is 4.79 Å². The minimum absolute atomic E-state index is 0.278. The SMILES string of the molecule is NC(=O)Cc1cccc(OCCC2CCCC2)c1. The van der Waals surface area contributed by atoms with E-state index in [1.54, 1.807) is 0 Å². The Kier molecular flexibility index (Phi) is 4.62. The highest BCUT2D eigenvalue weighted by Gasteiger charge is 2.14. The summed E-state index contributed by atoms with van der Waals surface area (Å²) in [6.07, 6.45) is 6.87. The first kappa shape index (κ1) is 12.9.